The van der Waals surface area contributed by atoms with Gasteiger partial charge in [0.1, 0.15) is 5.75 Å². The van der Waals surface area contributed by atoms with Gasteiger partial charge in [0.25, 0.3) is 0 Å². The maximum Gasteiger partial charge on any atom is 0.238 e. The summed E-state index contributed by atoms with van der Waals surface area (Å²) in [5.41, 5.74) is 1.87. The number of methoxy groups -OCH3 is 1. The third kappa shape index (κ3) is 5.71. The molecule has 8 nitrogen and oxygen atoms in total. The predicted molar refractivity (Wildman–Crippen MR) is 132 cm³/mol. The number of piperidine rings is 1. The SMILES string of the molecule is COc1ccc2nccc([C@H](O)CN3CCC(CO)(NCC(=O)Nc4ccccc4)CC3)c2c1. The van der Waals surface area contributed by atoms with Crippen LogP contribution in [0.5, 0.6) is 5.75 Å². The van der Waals surface area contributed by atoms with Gasteiger partial charge in [0.2, 0.25) is 5.91 Å². The molecule has 4 N–H and O–H groups in total. The standard InChI is InChI=1S/C26H32N4O4/c1-34-20-7-8-23-22(15-20)21(9-12-27-23)24(32)17-30-13-10-26(18-31,11-14-30)28-16-25(33)29-19-5-3-2-4-6-19/h2-9,12,15,24,28,31-32H,10-11,13-14,16-18H2,1H3,(H,29,33)/t24-/m1/s1. The number of benzene rings is 2. The fourth-order valence-corrected chi connectivity index (χ4v) is 4.46. The third-order valence-corrected chi connectivity index (χ3v) is 6.57. The zero-order valence-corrected chi connectivity index (χ0v) is 19.4. The number of carbonyl (C=O) groups is 1. The fourth-order valence-electron chi connectivity index (χ4n) is 4.46. The van der Waals surface area contributed by atoms with Crippen molar-refractivity contribution in [1.82, 2.24) is 15.2 Å². The van der Waals surface area contributed by atoms with Crippen molar-refractivity contribution in [2.24, 2.45) is 0 Å². The Kier molecular flexibility index (Phi) is 7.74. The number of pyridine rings is 1. The highest BCUT2D eigenvalue weighted by atomic mass is 16.5. The Morgan fingerprint density at radius 2 is 1.94 bits per heavy atom. The van der Waals surface area contributed by atoms with E-state index >= 15 is 0 Å². The summed E-state index contributed by atoms with van der Waals surface area (Å²) in [7, 11) is 1.62. The zero-order chi connectivity index (χ0) is 24.0. The molecule has 0 spiro atoms. The van der Waals surface area contributed by atoms with Crippen molar-refractivity contribution in [3.05, 3.63) is 66.4 Å². The maximum atomic E-state index is 12.3. The number of carbonyl (C=O) groups excluding carboxylic acids is 1. The molecule has 2 heterocycles. The Balaban J connectivity index is 1.33. The van der Waals surface area contributed by atoms with E-state index in [1.165, 1.54) is 0 Å². The summed E-state index contributed by atoms with van der Waals surface area (Å²) in [6, 6.07) is 16.8. The van der Waals surface area contributed by atoms with Gasteiger partial charge >= 0.3 is 0 Å². The van der Waals surface area contributed by atoms with Gasteiger partial charge in [-0.15, -0.1) is 0 Å². The van der Waals surface area contributed by atoms with Crippen LogP contribution in [0.25, 0.3) is 10.9 Å². The highest BCUT2D eigenvalue weighted by molar-refractivity contribution is 5.92. The zero-order valence-electron chi connectivity index (χ0n) is 19.4. The van der Waals surface area contributed by atoms with Crippen LogP contribution in [0.3, 0.4) is 0 Å². The molecular formula is C26H32N4O4. The predicted octanol–water partition coefficient (Wildman–Crippen LogP) is 2.33. The lowest BCUT2D eigenvalue weighted by molar-refractivity contribution is -0.116. The van der Waals surface area contributed by atoms with E-state index in [1.54, 1.807) is 13.3 Å². The van der Waals surface area contributed by atoms with Crippen LogP contribution < -0.4 is 15.4 Å². The number of para-hydroxylation sites is 1. The number of hydrogen-bond acceptors (Lipinski definition) is 7. The fraction of sp³-hybridized carbons (Fsp3) is 0.385. The number of β-amino-alcohol motifs (C(OH)–C–C–N with tert-alkyl or cyclic N) is 1. The van der Waals surface area contributed by atoms with E-state index in [0.29, 0.717) is 32.5 Å². The summed E-state index contributed by atoms with van der Waals surface area (Å²) in [5.74, 6) is 0.582. The molecular weight excluding hydrogens is 432 g/mol. The van der Waals surface area contributed by atoms with Crippen LogP contribution >= 0.6 is 0 Å². The Morgan fingerprint density at radius 3 is 2.65 bits per heavy atom. The van der Waals surface area contributed by atoms with Crippen LogP contribution in [0.1, 0.15) is 24.5 Å². The molecule has 1 fully saturated rings. The van der Waals surface area contributed by atoms with Crippen LogP contribution in [0.15, 0.2) is 60.8 Å². The highest BCUT2D eigenvalue weighted by Crippen LogP contribution is 2.29. The van der Waals surface area contributed by atoms with Gasteiger partial charge in [-0.3, -0.25) is 9.78 Å². The third-order valence-electron chi connectivity index (χ3n) is 6.57. The average Bonchev–Trinajstić information content (AvgIpc) is 2.88. The van der Waals surface area contributed by atoms with E-state index in [2.05, 4.69) is 20.5 Å². The summed E-state index contributed by atoms with van der Waals surface area (Å²) < 4.78 is 5.34. The number of nitrogens with one attached hydrogen (secondary N) is 2. The Morgan fingerprint density at radius 1 is 1.18 bits per heavy atom. The number of rotatable bonds is 9. The molecule has 1 amide bonds. The molecule has 0 saturated carbocycles. The van der Waals surface area contributed by atoms with E-state index < -0.39 is 11.6 Å². The summed E-state index contributed by atoms with van der Waals surface area (Å²) in [6.45, 7) is 1.97. The van der Waals surface area contributed by atoms with Crippen molar-refractivity contribution in [2.45, 2.75) is 24.5 Å². The van der Waals surface area contributed by atoms with Gasteiger partial charge in [0, 0.05) is 42.4 Å². The van der Waals surface area contributed by atoms with Crippen molar-refractivity contribution < 1.29 is 19.7 Å². The number of likely N-dealkylation sites (tertiary alicyclic amines) is 1. The van der Waals surface area contributed by atoms with Crippen LogP contribution in [0.2, 0.25) is 0 Å². The second kappa shape index (κ2) is 10.9. The van der Waals surface area contributed by atoms with Crippen LogP contribution in [0.4, 0.5) is 5.69 Å². The van der Waals surface area contributed by atoms with Crippen molar-refractivity contribution >= 4 is 22.5 Å². The summed E-state index contributed by atoms with van der Waals surface area (Å²) in [4.78, 5) is 18.9. The van der Waals surface area contributed by atoms with Crippen molar-refractivity contribution in [3.8, 4) is 5.75 Å². The van der Waals surface area contributed by atoms with Crippen LogP contribution in [-0.2, 0) is 4.79 Å². The van der Waals surface area contributed by atoms with E-state index in [4.69, 9.17) is 4.74 Å². The van der Waals surface area contributed by atoms with E-state index in [-0.39, 0.29) is 19.1 Å². The van der Waals surface area contributed by atoms with E-state index in [1.807, 2.05) is 54.6 Å². The molecule has 1 aromatic heterocycles. The van der Waals surface area contributed by atoms with E-state index in [0.717, 1.165) is 27.9 Å². The van der Waals surface area contributed by atoms with Gasteiger partial charge in [-0.1, -0.05) is 18.2 Å². The molecule has 1 atom stereocenters. The second-order valence-electron chi connectivity index (χ2n) is 8.81. The molecule has 34 heavy (non-hydrogen) atoms. The van der Waals surface area contributed by atoms with Crippen molar-refractivity contribution in [1.29, 1.82) is 0 Å². The number of hydrogen-bond donors (Lipinski definition) is 4. The first-order chi connectivity index (χ1) is 16.5. The lowest BCUT2D eigenvalue weighted by Gasteiger charge is -2.42. The minimum atomic E-state index is -0.677. The van der Waals surface area contributed by atoms with Gasteiger partial charge < -0.3 is 30.5 Å². The average molecular weight is 465 g/mol. The smallest absolute Gasteiger partial charge is 0.238 e. The maximum absolute atomic E-state index is 12.3. The van der Waals surface area contributed by atoms with Gasteiger partial charge in [-0.25, -0.2) is 0 Å². The van der Waals surface area contributed by atoms with Gasteiger partial charge in [-0.05, 0) is 54.8 Å². The number of aliphatic hydroxyl groups excluding tert-OH is 2. The molecule has 0 radical (unpaired) electrons. The molecule has 8 heteroatoms. The number of anilines is 1. The minimum absolute atomic E-state index is 0.0448. The number of aromatic nitrogens is 1. The summed E-state index contributed by atoms with van der Waals surface area (Å²) in [5, 5.41) is 28.1. The highest BCUT2D eigenvalue weighted by Gasteiger charge is 2.34. The summed E-state index contributed by atoms with van der Waals surface area (Å²) in [6.07, 6.45) is 2.40. The molecule has 2 aromatic carbocycles. The first kappa shape index (κ1) is 24.1. The largest absolute Gasteiger partial charge is 0.497 e. The topological polar surface area (TPSA) is 107 Å². The first-order valence-electron chi connectivity index (χ1n) is 11.6. The van der Waals surface area contributed by atoms with Gasteiger partial charge in [0.15, 0.2) is 0 Å². The number of fused-ring (bicyclic) bond motifs is 1. The van der Waals surface area contributed by atoms with Crippen LogP contribution in [0, 0.1) is 0 Å². The molecule has 180 valence electrons. The summed E-state index contributed by atoms with van der Waals surface area (Å²) >= 11 is 0. The molecule has 1 aliphatic rings. The van der Waals surface area contributed by atoms with Crippen molar-refractivity contribution in [2.75, 3.05) is 45.2 Å². The normalized spacial score (nSPS) is 16.8. The molecule has 0 aliphatic carbocycles. The van der Waals surface area contributed by atoms with Gasteiger partial charge in [-0.2, -0.15) is 0 Å². The quantitative estimate of drug-likeness (QED) is 0.385. The van der Waals surface area contributed by atoms with Crippen LogP contribution in [-0.4, -0.2) is 71.4 Å². The monoisotopic (exact) mass is 464 g/mol. The molecule has 1 saturated heterocycles. The number of ether oxygens (including phenoxy) is 1. The second-order valence-corrected chi connectivity index (χ2v) is 8.81. The molecule has 4 rings (SSSR count). The molecule has 0 bridgehead atoms. The molecule has 0 unspecified atom stereocenters. The lowest BCUT2D eigenvalue weighted by atomic mass is 9.88. The number of nitrogens with zero attached hydrogens (tertiary/aromatic N) is 2. The lowest BCUT2D eigenvalue weighted by Crippen LogP contribution is -2.57. The van der Waals surface area contributed by atoms with Crippen molar-refractivity contribution in [3.63, 3.8) is 0 Å². The first-order valence-corrected chi connectivity index (χ1v) is 11.6. The minimum Gasteiger partial charge on any atom is -0.497 e. The van der Waals surface area contributed by atoms with E-state index in [9.17, 15) is 15.0 Å². The number of aliphatic hydroxyl groups is 2. The Labute approximate surface area is 199 Å². The Hall–Kier alpha value is -3.04. The molecule has 1 aliphatic heterocycles. The molecule has 3 aromatic rings. The van der Waals surface area contributed by atoms with Gasteiger partial charge in [0.05, 0.1) is 31.9 Å². The Bertz CT molecular complexity index is 1100. The number of amides is 1.